The zero-order valence-corrected chi connectivity index (χ0v) is 12.2. The van der Waals surface area contributed by atoms with E-state index in [4.69, 9.17) is 4.52 Å². The number of nitrogens with zero attached hydrogens (tertiary/aromatic N) is 5. The molecule has 21 heavy (non-hydrogen) atoms. The molecule has 1 atom stereocenters. The number of hydrogen-bond acceptors (Lipinski definition) is 6. The summed E-state index contributed by atoms with van der Waals surface area (Å²) < 4.78 is 7.15. The second-order valence-electron chi connectivity index (χ2n) is 6.03. The molecule has 0 amide bonds. The predicted octanol–water partition coefficient (Wildman–Crippen LogP) is 1.76. The Bertz CT molecular complexity index is 617. The smallest absolute Gasteiger partial charge is 0.321 e. The average molecular weight is 288 g/mol. The molecule has 2 aromatic rings. The van der Waals surface area contributed by atoms with Crippen molar-refractivity contribution in [1.82, 2.24) is 19.9 Å². The van der Waals surface area contributed by atoms with Gasteiger partial charge in [-0.25, -0.2) is 0 Å². The third-order valence-corrected chi connectivity index (χ3v) is 4.19. The van der Waals surface area contributed by atoms with Crippen molar-refractivity contribution in [3.8, 4) is 0 Å². The lowest BCUT2D eigenvalue weighted by Gasteiger charge is -2.33. The van der Waals surface area contributed by atoms with E-state index in [1.165, 1.54) is 18.5 Å². The molecule has 1 saturated heterocycles. The predicted molar refractivity (Wildman–Crippen MR) is 78.3 cm³/mol. The molecule has 3 heterocycles. The number of piperidine rings is 1. The largest absolute Gasteiger partial charge is 0.367 e. The summed E-state index contributed by atoms with van der Waals surface area (Å²) in [6.45, 7) is 2.01. The molecular formula is C14H20N6O. The molecule has 1 saturated carbocycles. The Morgan fingerprint density at radius 2 is 2.24 bits per heavy atom. The summed E-state index contributed by atoms with van der Waals surface area (Å²) in [5.41, 5.74) is 1.17. The van der Waals surface area contributed by atoms with Crippen LogP contribution in [0, 0.1) is 0 Å². The van der Waals surface area contributed by atoms with Gasteiger partial charge in [-0.3, -0.25) is 4.68 Å². The van der Waals surface area contributed by atoms with Crippen LogP contribution in [-0.2, 0) is 7.05 Å². The molecule has 1 N–H and O–H groups in total. The molecule has 0 spiro atoms. The van der Waals surface area contributed by atoms with E-state index < -0.39 is 0 Å². The fourth-order valence-corrected chi connectivity index (χ4v) is 2.88. The lowest BCUT2D eigenvalue weighted by Crippen LogP contribution is -2.42. The van der Waals surface area contributed by atoms with Gasteiger partial charge in [0, 0.05) is 38.3 Å². The van der Waals surface area contributed by atoms with Crippen LogP contribution in [0.2, 0.25) is 0 Å². The maximum absolute atomic E-state index is 5.31. The van der Waals surface area contributed by atoms with E-state index in [2.05, 4.69) is 31.7 Å². The molecule has 0 unspecified atom stereocenters. The van der Waals surface area contributed by atoms with Crippen molar-refractivity contribution in [2.24, 2.45) is 7.05 Å². The summed E-state index contributed by atoms with van der Waals surface area (Å²) in [5.74, 6) is 1.39. The highest BCUT2D eigenvalue weighted by Crippen LogP contribution is 2.38. The van der Waals surface area contributed by atoms with Gasteiger partial charge in [0.05, 0.1) is 11.9 Å². The number of aromatic nitrogens is 4. The Labute approximate surface area is 123 Å². The summed E-state index contributed by atoms with van der Waals surface area (Å²) in [6.07, 6.45) is 8.63. The summed E-state index contributed by atoms with van der Waals surface area (Å²) >= 11 is 0. The second-order valence-corrected chi connectivity index (χ2v) is 6.03. The van der Waals surface area contributed by atoms with Gasteiger partial charge in [-0.15, -0.1) is 0 Å². The molecular weight excluding hydrogens is 268 g/mol. The van der Waals surface area contributed by atoms with Crippen molar-refractivity contribution >= 4 is 11.7 Å². The summed E-state index contributed by atoms with van der Waals surface area (Å²) in [5, 5.41) is 11.7. The van der Waals surface area contributed by atoms with Crippen molar-refractivity contribution < 1.29 is 4.52 Å². The van der Waals surface area contributed by atoms with E-state index in [-0.39, 0.29) is 0 Å². The highest BCUT2D eigenvalue weighted by atomic mass is 16.5. The summed E-state index contributed by atoms with van der Waals surface area (Å²) in [4.78, 5) is 6.80. The normalized spacial score (nSPS) is 22.5. The van der Waals surface area contributed by atoms with E-state index in [1.807, 2.05) is 17.9 Å². The standard InChI is InChI=1S/C14H20N6O/c1-19-9-12(7-15-19)20-6-2-3-11(8-20)16-14-17-13(18-21-14)10-4-5-10/h7,9-11H,2-6,8H2,1H3,(H,16,17,18)/t11-/m0/s1. The molecule has 2 fully saturated rings. The first-order valence-corrected chi connectivity index (χ1v) is 7.61. The van der Waals surface area contributed by atoms with Gasteiger partial charge >= 0.3 is 6.01 Å². The summed E-state index contributed by atoms with van der Waals surface area (Å²) in [6, 6.07) is 0.904. The minimum atomic E-state index is 0.339. The molecule has 2 aromatic heterocycles. The lowest BCUT2D eigenvalue weighted by molar-refractivity contribution is 0.412. The molecule has 7 nitrogen and oxygen atoms in total. The van der Waals surface area contributed by atoms with E-state index in [1.54, 1.807) is 0 Å². The van der Waals surface area contributed by atoms with Gasteiger partial charge in [0.1, 0.15) is 0 Å². The van der Waals surface area contributed by atoms with Crippen LogP contribution in [0.25, 0.3) is 0 Å². The zero-order chi connectivity index (χ0) is 14.2. The van der Waals surface area contributed by atoms with E-state index in [0.29, 0.717) is 18.0 Å². The van der Waals surface area contributed by atoms with Crippen LogP contribution in [0.15, 0.2) is 16.9 Å². The maximum Gasteiger partial charge on any atom is 0.321 e. The molecule has 7 heteroatoms. The fraction of sp³-hybridized carbons (Fsp3) is 0.643. The SMILES string of the molecule is Cn1cc(N2CCC[C@H](Nc3nc(C4CC4)no3)C2)cn1. The van der Waals surface area contributed by atoms with Crippen LogP contribution >= 0.6 is 0 Å². The number of aryl methyl sites for hydroxylation is 1. The molecule has 0 radical (unpaired) electrons. The first-order valence-electron chi connectivity index (χ1n) is 7.61. The van der Waals surface area contributed by atoms with Gasteiger partial charge in [-0.1, -0.05) is 5.16 Å². The van der Waals surface area contributed by atoms with Crippen LogP contribution in [0.4, 0.5) is 11.7 Å². The van der Waals surface area contributed by atoms with Crippen LogP contribution in [0.3, 0.4) is 0 Å². The van der Waals surface area contributed by atoms with Crippen molar-refractivity contribution in [3.63, 3.8) is 0 Å². The van der Waals surface area contributed by atoms with Crippen molar-refractivity contribution in [2.75, 3.05) is 23.3 Å². The van der Waals surface area contributed by atoms with Gasteiger partial charge in [-0.2, -0.15) is 10.1 Å². The minimum Gasteiger partial charge on any atom is -0.367 e. The van der Waals surface area contributed by atoms with Crippen LogP contribution in [0.5, 0.6) is 0 Å². The van der Waals surface area contributed by atoms with Crippen LogP contribution < -0.4 is 10.2 Å². The molecule has 1 aliphatic carbocycles. The first-order chi connectivity index (χ1) is 10.3. The topological polar surface area (TPSA) is 72.0 Å². The van der Waals surface area contributed by atoms with Gasteiger partial charge in [0.25, 0.3) is 0 Å². The Morgan fingerprint density at radius 3 is 3.00 bits per heavy atom. The van der Waals surface area contributed by atoms with Crippen molar-refractivity contribution in [2.45, 2.75) is 37.6 Å². The third kappa shape index (κ3) is 2.72. The van der Waals surface area contributed by atoms with Gasteiger partial charge < -0.3 is 14.7 Å². The van der Waals surface area contributed by atoms with E-state index >= 15 is 0 Å². The number of hydrogen-bond donors (Lipinski definition) is 1. The minimum absolute atomic E-state index is 0.339. The first kappa shape index (κ1) is 12.7. The van der Waals surface area contributed by atoms with Gasteiger partial charge in [-0.05, 0) is 25.7 Å². The number of rotatable bonds is 4. The highest BCUT2D eigenvalue weighted by Gasteiger charge is 2.29. The Kier molecular flexibility index (Phi) is 3.05. The van der Waals surface area contributed by atoms with Crippen LogP contribution in [-0.4, -0.2) is 39.1 Å². The molecule has 0 aromatic carbocycles. The molecule has 2 aliphatic rings. The lowest BCUT2D eigenvalue weighted by atomic mass is 10.1. The second kappa shape index (κ2) is 5.05. The molecule has 112 valence electrons. The van der Waals surface area contributed by atoms with Gasteiger partial charge in [0.2, 0.25) is 0 Å². The van der Waals surface area contributed by atoms with E-state index in [0.717, 1.165) is 31.8 Å². The molecule has 4 rings (SSSR count). The Balaban J connectivity index is 1.40. The molecule has 1 aliphatic heterocycles. The van der Waals surface area contributed by atoms with Gasteiger partial charge in [0.15, 0.2) is 5.82 Å². The van der Waals surface area contributed by atoms with Crippen LogP contribution in [0.1, 0.15) is 37.4 Å². The third-order valence-electron chi connectivity index (χ3n) is 4.19. The number of anilines is 2. The summed E-state index contributed by atoms with van der Waals surface area (Å²) in [7, 11) is 1.95. The van der Waals surface area contributed by atoms with Crippen molar-refractivity contribution in [3.05, 3.63) is 18.2 Å². The zero-order valence-electron chi connectivity index (χ0n) is 12.2. The highest BCUT2D eigenvalue weighted by molar-refractivity contribution is 5.43. The monoisotopic (exact) mass is 288 g/mol. The Hall–Kier alpha value is -2.05. The van der Waals surface area contributed by atoms with Crippen molar-refractivity contribution in [1.29, 1.82) is 0 Å². The molecule has 0 bridgehead atoms. The van der Waals surface area contributed by atoms with E-state index in [9.17, 15) is 0 Å². The Morgan fingerprint density at radius 1 is 1.33 bits per heavy atom. The maximum atomic E-state index is 5.31. The quantitative estimate of drug-likeness (QED) is 0.924. The fourth-order valence-electron chi connectivity index (χ4n) is 2.88. The average Bonchev–Trinajstić information content (AvgIpc) is 3.09. The number of nitrogens with one attached hydrogen (secondary N) is 1.